The maximum absolute atomic E-state index is 2.62. The van der Waals surface area contributed by atoms with E-state index in [1.165, 1.54) is 77.3 Å². The van der Waals surface area contributed by atoms with Gasteiger partial charge in [-0.15, -0.1) is 0 Å². The number of rotatable bonds is 1. The summed E-state index contributed by atoms with van der Waals surface area (Å²) in [6, 6.07) is 45.3. The molecule has 2 nitrogen and oxygen atoms in total. The Labute approximate surface area is 240 Å². The lowest BCUT2D eigenvalue weighted by molar-refractivity contribution is 0.592. The molecule has 0 N–H and O–H groups in total. The van der Waals surface area contributed by atoms with Crippen molar-refractivity contribution in [1.29, 1.82) is 0 Å². The Morgan fingerprint density at radius 1 is 0.561 bits per heavy atom. The van der Waals surface area contributed by atoms with Gasteiger partial charge in [0.1, 0.15) is 0 Å². The Balaban J connectivity index is 1.44. The van der Waals surface area contributed by atoms with Crippen LogP contribution in [0.5, 0.6) is 0 Å². The van der Waals surface area contributed by atoms with Gasteiger partial charge in [-0.25, -0.2) is 0 Å². The quantitative estimate of drug-likeness (QED) is 0.195. The van der Waals surface area contributed by atoms with Gasteiger partial charge < -0.3 is 9.38 Å². The number of aromatic nitrogens is 1. The second-order valence-corrected chi connectivity index (χ2v) is 12.6. The first-order valence-electron chi connectivity index (χ1n) is 14.6. The fourth-order valence-electron chi connectivity index (χ4n) is 7.56. The molecule has 9 rings (SSSR count). The van der Waals surface area contributed by atoms with E-state index in [0.717, 1.165) is 0 Å². The maximum atomic E-state index is 2.62. The van der Waals surface area contributed by atoms with Crippen molar-refractivity contribution in [3.63, 3.8) is 0 Å². The standard InChI is InChI=1S/C38H29BN2/c1-38(2,3)30-22-24-12-4-5-13-25(24)23-35(30)40-33-20-9-7-18-31(33)39-36-27(15-11-21-34(36)40)29-17-10-16-28-26-14-6-8-19-32(26)41(39)37(28)29/h4-23H,1-3H3. The van der Waals surface area contributed by atoms with Crippen LogP contribution in [0.4, 0.5) is 17.1 Å². The maximum Gasteiger partial charge on any atom is 0.333 e. The molecule has 7 aromatic rings. The van der Waals surface area contributed by atoms with E-state index in [9.17, 15) is 0 Å². The summed E-state index contributed by atoms with van der Waals surface area (Å²) in [5.41, 5.74) is 13.1. The molecule has 0 atom stereocenters. The first kappa shape index (κ1) is 23.0. The van der Waals surface area contributed by atoms with Gasteiger partial charge in [0.15, 0.2) is 0 Å². The Hall–Kier alpha value is -4.76. The summed E-state index contributed by atoms with van der Waals surface area (Å²) in [5, 5.41) is 5.21. The average Bonchev–Trinajstić information content (AvgIpc) is 3.33. The van der Waals surface area contributed by atoms with Crippen molar-refractivity contribution in [2.75, 3.05) is 4.90 Å². The van der Waals surface area contributed by atoms with E-state index in [1.807, 2.05) is 0 Å². The Morgan fingerprint density at radius 2 is 1.22 bits per heavy atom. The van der Waals surface area contributed by atoms with E-state index in [-0.39, 0.29) is 12.3 Å². The van der Waals surface area contributed by atoms with Crippen molar-refractivity contribution in [3.05, 3.63) is 127 Å². The van der Waals surface area contributed by atoms with Crippen molar-refractivity contribution in [2.24, 2.45) is 0 Å². The molecule has 0 saturated carbocycles. The third-order valence-electron chi connectivity index (χ3n) is 9.26. The molecule has 41 heavy (non-hydrogen) atoms. The van der Waals surface area contributed by atoms with Crippen LogP contribution in [-0.2, 0) is 5.41 Å². The average molecular weight is 524 g/mol. The molecule has 2 aliphatic heterocycles. The SMILES string of the molecule is CC(C)(C)c1cc2ccccc2cc1N1c2ccccc2B2c3c(cccc31)-c1cccc3c4ccccc4n2c13. The molecule has 194 valence electrons. The molecule has 0 fully saturated rings. The van der Waals surface area contributed by atoms with E-state index in [0.29, 0.717) is 0 Å². The predicted octanol–water partition coefficient (Wildman–Crippen LogP) is 8.66. The number of para-hydroxylation sites is 3. The Kier molecular flexibility index (Phi) is 4.44. The molecule has 0 aliphatic carbocycles. The summed E-state index contributed by atoms with van der Waals surface area (Å²) < 4.78 is 2.62. The van der Waals surface area contributed by atoms with Crippen molar-refractivity contribution in [1.82, 2.24) is 4.48 Å². The monoisotopic (exact) mass is 524 g/mol. The van der Waals surface area contributed by atoms with Crippen molar-refractivity contribution in [2.45, 2.75) is 26.2 Å². The van der Waals surface area contributed by atoms with E-state index in [2.05, 4.69) is 151 Å². The minimum absolute atomic E-state index is 0.0323. The van der Waals surface area contributed by atoms with Crippen molar-refractivity contribution in [3.8, 4) is 11.1 Å². The van der Waals surface area contributed by atoms with Gasteiger partial charge in [0.2, 0.25) is 0 Å². The van der Waals surface area contributed by atoms with Gasteiger partial charge in [-0.1, -0.05) is 112 Å². The minimum Gasteiger partial charge on any atom is -0.375 e. The number of benzene rings is 6. The summed E-state index contributed by atoms with van der Waals surface area (Å²) in [7, 11) is 0. The van der Waals surface area contributed by atoms with E-state index >= 15 is 0 Å². The van der Waals surface area contributed by atoms with Crippen LogP contribution >= 0.6 is 0 Å². The van der Waals surface area contributed by atoms with Crippen LogP contribution in [-0.4, -0.2) is 11.3 Å². The molecule has 2 aliphatic rings. The third-order valence-corrected chi connectivity index (χ3v) is 9.26. The van der Waals surface area contributed by atoms with Gasteiger partial charge >= 0.3 is 6.85 Å². The van der Waals surface area contributed by atoms with Crippen LogP contribution in [0.2, 0.25) is 0 Å². The Bertz CT molecular complexity index is 2210. The molecular formula is C38H29BN2. The smallest absolute Gasteiger partial charge is 0.333 e. The fourth-order valence-corrected chi connectivity index (χ4v) is 7.56. The van der Waals surface area contributed by atoms with Gasteiger partial charge in [0.25, 0.3) is 0 Å². The highest BCUT2D eigenvalue weighted by atomic mass is 15.2. The molecule has 0 amide bonds. The molecule has 3 heterocycles. The molecule has 0 saturated heterocycles. The minimum atomic E-state index is -0.0323. The number of hydrogen-bond donors (Lipinski definition) is 0. The molecule has 1 aromatic heterocycles. The van der Waals surface area contributed by atoms with E-state index < -0.39 is 0 Å². The third kappa shape index (κ3) is 2.98. The second-order valence-electron chi connectivity index (χ2n) is 12.6. The highest BCUT2D eigenvalue weighted by Gasteiger charge is 2.42. The number of nitrogens with zero attached hydrogens (tertiary/aromatic N) is 2. The highest BCUT2D eigenvalue weighted by Crippen LogP contribution is 2.47. The first-order valence-corrected chi connectivity index (χ1v) is 14.6. The van der Waals surface area contributed by atoms with Crippen LogP contribution in [0, 0.1) is 0 Å². The van der Waals surface area contributed by atoms with Crippen LogP contribution < -0.4 is 15.8 Å². The molecule has 0 unspecified atom stereocenters. The lowest BCUT2D eigenvalue weighted by Crippen LogP contribution is -2.56. The van der Waals surface area contributed by atoms with Gasteiger partial charge in [0.05, 0.1) is 5.69 Å². The van der Waals surface area contributed by atoms with Gasteiger partial charge in [-0.2, -0.15) is 0 Å². The normalized spacial score (nSPS) is 13.6. The molecule has 0 radical (unpaired) electrons. The van der Waals surface area contributed by atoms with Crippen LogP contribution in [0.1, 0.15) is 26.3 Å². The Morgan fingerprint density at radius 3 is 2.07 bits per heavy atom. The van der Waals surface area contributed by atoms with Gasteiger partial charge in [0, 0.05) is 38.7 Å². The van der Waals surface area contributed by atoms with E-state index in [1.54, 1.807) is 0 Å². The summed E-state index contributed by atoms with van der Waals surface area (Å²) in [4.78, 5) is 2.55. The first-order chi connectivity index (χ1) is 20.0. The summed E-state index contributed by atoms with van der Waals surface area (Å²) in [6.07, 6.45) is 0. The fraction of sp³-hybridized carbons (Fsp3) is 0.105. The molecule has 0 bridgehead atoms. The zero-order valence-corrected chi connectivity index (χ0v) is 23.5. The number of anilines is 3. The zero-order chi connectivity index (χ0) is 27.5. The molecular weight excluding hydrogens is 495 g/mol. The largest absolute Gasteiger partial charge is 0.375 e. The van der Waals surface area contributed by atoms with Crippen LogP contribution in [0.25, 0.3) is 43.7 Å². The second kappa shape index (κ2) is 7.92. The van der Waals surface area contributed by atoms with E-state index in [4.69, 9.17) is 0 Å². The summed E-state index contributed by atoms with van der Waals surface area (Å²) in [5.74, 6) is 0. The zero-order valence-electron chi connectivity index (χ0n) is 23.5. The predicted molar refractivity (Wildman–Crippen MR) is 176 cm³/mol. The summed E-state index contributed by atoms with van der Waals surface area (Å²) in [6.45, 7) is 7.10. The number of hydrogen-bond acceptors (Lipinski definition) is 1. The number of fused-ring (bicyclic) bond motifs is 8. The van der Waals surface area contributed by atoms with Crippen LogP contribution in [0.3, 0.4) is 0 Å². The topological polar surface area (TPSA) is 8.17 Å². The highest BCUT2D eigenvalue weighted by molar-refractivity contribution is 6.90. The molecule has 6 aromatic carbocycles. The molecule has 0 spiro atoms. The van der Waals surface area contributed by atoms with Gasteiger partial charge in [-0.3, -0.25) is 0 Å². The van der Waals surface area contributed by atoms with Crippen molar-refractivity contribution >= 4 is 67.4 Å². The molecule has 3 heteroatoms. The van der Waals surface area contributed by atoms with Gasteiger partial charge in [-0.05, 0) is 68.6 Å². The lowest BCUT2D eigenvalue weighted by atomic mass is 9.45. The lowest BCUT2D eigenvalue weighted by Gasteiger charge is -2.42. The van der Waals surface area contributed by atoms with Crippen LogP contribution in [0.15, 0.2) is 121 Å². The summed E-state index contributed by atoms with van der Waals surface area (Å²) >= 11 is 0. The van der Waals surface area contributed by atoms with Crippen molar-refractivity contribution < 1.29 is 0 Å².